The van der Waals surface area contributed by atoms with E-state index in [9.17, 15) is 8.42 Å². The summed E-state index contributed by atoms with van der Waals surface area (Å²) in [5, 5.41) is 12.4. The van der Waals surface area contributed by atoms with Crippen LogP contribution in [0.5, 0.6) is 0 Å². The number of nitrogens with two attached hydrogens (primary N) is 1. The predicted molar refractivity (Wildman–Crippen MR) is 69.0 cm³/mol. The molecule has 1 aromatic heterocycles. The van der Waals surface area contributed by atoms with Gasteiger partial charge in [-0.1, -0.05) is 0 Å². The zero-order valence-electron chi connectivity index (χ0n) is 10.1. The van der Waals surface area contributed by atoms with E-state index >= 15 is 0 Å². The molecule has 0 aliphatic carbocycles. The Morgan fingerprint density at radius 2 is 1.89 bits per heavy atom. The number of hydrogen-bond acceptors (Lipinski definition) is 4. The van der Waals surface area contributed by atoms with Crippen LogP contribution in [0.4, 0.5) is 11.4 Å². The number of nitrogens with zero attached hydrogens (tertiary/aromatic N) is 2. The lowest BCUT2D eigenvalue weighted by molar-refractivity contribution is 0.598. The fraction of sp³-hybridized carbons (Fsp3) is 0.182. The number of hydrogen-bond donors (Lipinski definition) is 2. The van der Waals surface area contributed by atoms with Crippen molar-refractivity contribution in [3.63, 3.8) is 0 Å². The summed E-state index contributed by atoms with van der Waals surface area (Å²) in [6, 6.07) is 6.24. The van der Waals surface area contributed by atoms with Crippen LogP contribution in [0.15, 0.2) is 35.4 Å². The van der Waals surface area contributed by atoms with Crippen molar-refractivity contribution in [2.75, 3.05) is 5.32 Å². The Morgan fingerprint density at radius 1 is 1.28 bits per heavy atom. The van der Waals surface area contributed by atoms with Gasteiger partial charge >= 0.3 is 0 Å². The van der Waals surface area contributed by atoms with Gasteiger partial charge in [-0.05, 0) is 31.2 Å². The zero-order valence-corrected chi connectivity index (χ0v) is 10.9. The third-order valence-electron chi connectivity index (χ3n) is 2.48. The highest BCUT2D eigenvalue weighted by molar-refractivity contribution is 7.89. The molecular formula is C11H14N4O2S. The molecule has 18 heavy (non-hydrogen) atoms. The fourth-order valence-corrected chi connectivity index (χ4v) is 2.12. The minimum absolute atomic E-state index is 0.0935. The van der Waals surface area contributed by atoms with Crippen LogP contribution in [-0.2, 0) is 17.1 Å². The van der Waals surface area contributed by atoms with Gasteiger partial charge in [0.25, 0.3) is 0 Å². The molecule has 1 heterocycles. The second-order valence-electron chi connectivity index (χ2n) is 4.00. The number of sulfonamides is 1. The molecule has 0 aliphatic heterocycles. The maximum absolute atomic E-state index is 11.1. The lowest BCUT2D eigenvalue weighted by atomic mass is 10.3. The molecule has 0 radical (unpaired) electrons. The van der Waals surface area contributed by atoms with Crippen molar-refractivity contribution in [3.8, 4) is 0 Å². The van der Waals surface area contributed by atoms with E-state index in [1.807, 2.05) is 20.2 Å². The molecule has 96 valence electrons. The van der Waals surface area contributed by atoms with Crippen molar-refractivity contribution in [3.05, 3.63) is 36.2 Å². The Balaban J connectivity index is 2.24. The molecular weight excluding hydrogens is 252 g/mol. The van der Waals surface area contributed by atoms with Crippen molar-refractivity contribution in [1.82, 2.24) is 9.78 Å². The van der Waals surface area contributed by atoms with Crippen molar-refractivity contribution in [2.45, 2.75) is 11.8 Å². The molecule has 0 bridgehead atoms. The number of primary sulfonamides is 1. The Bertz CT molecular complexity index is 659. The third kappa shape index (κ3) is 2.69. The molecule has 0 amide bonds. The highest BCUT2D eigenvalue weighted by atomic mass is 32.2. The standard InChI is InChI=1S/C11H14N4O2S/c1-8-11(7-15(2)14-8)13-9-3-5-10(6-4-9)18(12,16)17/h3-7,13H,1-2H3,(H2,12,16,17). The molecule has 2 rings (SSSR count). The Labute approximate surface area is 105 Å². The largest absolute Gasteiger partial charge is 0.353 e. The van der Waals surface area contributed by atoms with Crippen molar-refractivity contribution in [1.29, 1.82) is 0 Å². The number of nitrogens with one attached hydrogen (secondary N) is 1. The van der Waals surface area contributed by atoms with E-state index in [4.69, 9.17) is 5.14 Å². The van der Waals surface area contributed by atoms with E-state index in [0.29, 0.717) is 0 Å². The summed E-state index contributed by atoms with van der Waals surface area (Å²) in [7, 11) is -1.81. The maximum Gasteiger partial charge on any atom is 0.238 e. The minimum atomic E-state index is -3.64. The maximum atomic E-state index is 11.1. The molecule has 2 aromatic rings. The summed E-state index contributed by atoms with van der Waals surface area (Å²) in [5.74, 6) is 0. The quantitative estimate of drug-likeness (QED) is 0.871. The highest BCUT2D eigenvalue weighted by Gasteiger charge is 2.07. The zero-order chi connectivity index (χ0) is 13.3. The second-order valence-corrected chi connectivity index (χ2v) is 5.56. The van der Waals surface area contributed by atoms with Gasteiger partial charge in [-0.15, -0.1) is 0 Å². The van der Waals surface area contributed by atoms with E-state index in [-0.39, 0.29) is 4.90 Å². The number of aryl methyl sites for hydroxylation is 2. The van der Waals surface area contributed by atoms with Crippen LogP contribution >= 0.6 is 0 Å². The number of benzene rings is 1. The molecule has 0 unspecified atom stereocenters. The lowest BCUT2D eigenvalue weighted by Crippen LogP contribution is -2.11. The summed E-state index contributed by atoms with van der Waals surface area (Å²) >= 11 is 0. The number of rotatable bonds is 3. The molecule has 0 atom stereocenters. The van der Waals surface area contributed by atoms with Gasteiger partial charge in [0.05, 0.1) is 16.3 Å². The molecule has 1 aromatic carbocycles. The molecule has 0 spiro atoms. The fourth-order valence-electron chi connectivity index (χ4n) is 1.61. The van der Waals surface area contributed by atoms with Crippen molar-refractivity contribution in [2.24, 2.45) is 12.2 Å². The second kappa shape index (κ2) is 4.43. The van der Waals surface area contributed by atoms with Gasteiger partial charge < -0.3 is 5.32 Å². The van der Waals surface area contributed by atoms with Gasteiger partial charge in [0, 0.05) is 18.9 Å². The van der Waals surface area contributed by atoms with E-state index in [2.05, 4.69) is 10.4 Å². The van der Waals surface area contributed by atoms with Gasteiger partial charge in [-0.3, -0.25) is 4.68 Å². The summed E-state index contributed by atoms with van der Waals surface area (Å²) in [6.45, 7) is 1.89. The Kier molecular flexibility index (Phi) is 3.10. The summed E-state index contributed by atoms with van der Waals surface area (Å²) < 4.78 is 23.9. The third-order valence-corrected chi connectivity index (χ3v) is 3.40. The van der Waals surface area contributed by atoms with E-state index in [1.165, 1.54) is 12.1 Å². The van der Waals surface area contributed by atoms with Crippen molar-refractivity contribution < 1.29 is 8.42 Å². The summed E-state index contributed by atoms with van der Waals surface area (Å²) in [6.07, 6.45) is 1.85. The molecule has 0 aliphatic rings. The minimum Gasteiger partial charge on any atom is -0.353 e. The highest BCUT2D eigenvalue weighted by Crippen LogP contribution is 2.20. The van der Waals surface area contributed by atoms with Crippen LogP contribution in [0, 0.1) is 6.92 Å². The molecule has 0 fully saturated rings. The van der Waals surface area contributed by atoms with Gasteiger partial charge in [0.15, 0.2) is 0 Å². The average molecular weight is 266 g/mol. The molecule has 3 N–H and O–H groups in total. The van der Waals surface area contributed by atoms with E-state index < -0.39 is 10.0 Å². The first-order valence-corrected chi connectivity index (χ1v) is 6.81. The SMILES string of the molecule is Cc1nn(C)cc1Nc1ccc(S(N)(=O)=O)cc1. The van der Waals surface area contributed by atoms with Gasteiger partial charge in [-0.2, -0.15) is 5.10 Å². The monoisotopic (exact) mass is 266 g/mol. The van der Waals surface area contributed by atoms with Crippen LogP contribution < -0.4 is 10.5 Å². The lowest BCUT2D eigenvalue weighted by Gasteiger charge is -2.05. The molecule has 0 saturated carbocycles. The number of aromatic nitrogens is 2. The van der Waals surface area contributed by atoms with Gasteiger partial charge in [-0.25, -0.2) is 13.6 Å². The predicted octanol–water partition coefficient (Wildman–Crippen LogP) is 1.12. The van der Waals surface area contributed by atoms with Crippen molar-refractivity contribution >= 4 is 21.4 Å². The first-order valence-electron chi connectivity index (χ1n) is 5.26. The van der Waals surface area contributed by atoms with Crippen LogP contribution in [-0.4, -0.2) is 18.2 Å². The van der Waals surface area contributed by atoms with Crippen LogP contribution in [0.3, 0.4) is 0 Å². The van der Waals surface area contributed by atoms with Crippen LogP contribution in [0.1, 0.15) is 5.69 Å². The molecule has 6 nitrogen and oxygen atoms in total. The summed E-state index contributed by atoms with van der Waals surface area (Å²) in [5.41, 5.74) is 2.52. The topological polar surface area (TPSA) is 90.0 Å². The smallest absolute Gasteiger partial charge is 0.238 e. The normalized spacial score (nSPS) is 11.5. The van der Waals surface area contributed by atoms with Gasteiger partial charge in [0.2, 0.25) is 10.0 Å². The average Bonchev–Trinajstić information content (AvgIpc) is 2.57. The Hall–Kier alpha value is -1.86. The van der Waals surface area contributed by atoms with Gasteiger partial charge in [0.1, 0.15) is 0 Å². The molecule has 7 heteroatoms. The first-order chi connectivity index (χ1) is 8.36. The summed E-state index contributed by atoms with van der Waals surface area (Å²) in [4.78, 5) is 0.0935. The molecule has 0 saturated heterocycles. The first kappa shape index (κ1) is 12.6. The van der Waals surface area contributed by atoms with E-state index in [0.717, 1.165) is 17.1 Å². The Morgan fingerprint density at radius 3 is 2.33 bits per heavy atom. The number of anilines is 2. The van der Waals surface area contributed by atoms with Crippen LogP contribution in [0.2, 0.25) is 0 Å². The van der Waals surface area contributed by atoms with E-state index in [1.54, 1.807) is 16.8 Å². The van der Waals surface area contributed by atoms with Crippen LogP contribution in [0.25, 0.3) is 0 Å².